The molecule has 3 aromatic rings. The van der Waals surface area contributed by atoms with E-state index in [9.17, 15) is 0 Å². The van der Waals surface area contributed by atoms with Gasteiger partial charge in [-0.2, -0.15) is 0 Å². The molecule has 0 amide bonds. The number of imidazole rings is 1. The summed E-state index contributed by atoms with van der Waals surface area (Å²) in [4.78, 5) is 9.09. The fourth-order valence-corrected chi connectivity index (χ4v) is 2.63. The quantitative estimate of drug-likeness (QED) is 0.676. The molecule has 102 valence electrons. The normalized spacial score (nSPS) is 11.1. The molecule has 1 aromatic carbocycles. The van der Waals surface area contributed by atoms with Crippen LogP contribution in [0.4, 0.5) is 0 Å². The second kappa shape index (κ2) is 5.63. The number of benzene rings is 1. The standard InChI is InChI=1S/C16H16ClN3/c1-2-10-20-14-8-4-3-7-13(14)19-16(20)11-12-6-5-9-15(17)18-12/h3-9H,2,10-11H2,1H3. The van der Waals surface area contributed by atoms with Gasteiger partial charge in [0.25, 0.3) is 0 Å². The van der Waals surface area contributed by atoms with E-state index in [4.69, 9.17) is 16.6 Å². The number of aryl methyl sites for hydroxylation is 1. The van der Waals surface area contributed by atoms with E-state index in [0.717, 1.165) is 30.0 Å². The Bertz CT molecular complexity index is 733. The first-order valence-electron chi connectivity index (χ1n) is 6.83. The van der Waals surface area contributed by atoms with Crippen molar-refractivity contribution < 1.29 is 0 Å². The van der Waals surface area contributed by atoms with Gasteiger partial charge in [-0.1, -0.05) is 36.7 Å². The van der Waals surface area contributed by atoms with Crippen LogP contribution in [0, 0.1) is 0 Å². The van der Waals surface area contributed by atoms with Gasteiger partial charge in [0.15, 0.2) is 0 Å². The number of hydrogen-bond acceptors (Lipinski definition) is 2. The Kier molecular flexibility index (Phi) is 3.70. The van der Waals surface area contributed by atoms with Crippen LogP contribution in [-0.2, 0) is 13.0 Å². The number of pyridine rings is 1. The van der Waals surface area contributed by atoms with E-state index in [2.05, 4.69) is 34.7 Å². The maximum atomic E-state index is 5.95. The number of halogens is 1. The number of hydrogen-bond donors (Lipinski definition) is 0. The monoisotopic (exact) mass is 285 g/mol. The first kappa shape index (κ1) is 13.1. The van der Waals surface area contributed by atoms with Gasteiger partial charge in [-0.3, -0.25) is 0 Å². The van der Waals surface area contributed by atoms with Crippen LogP contribution < -0.4 is 0 Å². The number of nitrogens with zero attached hydrogens (tertiary/aromatic N) is 3. The van der Waals surface area contributed by atoms with Crippen LogP contribution in [0.5, 0.6) is 0 Å². The zero-order valence-corrected chi connectivity index (χ0v) is 12.1. The van der Waals surface area contributed by atoms with Crippen LogP contribution in [0.1, 0.15) is 24.9 Å². The molecule has 0 bridgehead atoms. The average Bonchev–Trinajstić information content (AvgIpc) is 2.77. The summed E-state index contributed by atoms with van der Waals surface area (Å²) in [6, 6.07) is 14.0. The highest BCUT2D eigenvalue weighted by atomic mass is 35.5. The molecule has 0 atom stereocenters. The Balaban J connectivity index is 2.04. The molecule has 0 aliphatic heterocycles. The Morgan fingerprint density at radius 2 is 1.90 bits per heavy atom. The summed E-state index contributed by atoms with van der Waals surface area (Å²) in [5.74, 6) is 1.04. The van der Waals surface area contributed by atoms with Gasteiger partial charge in [0.1, 0.15) is 11.0 Å². The van der Waals surface area contributed by atoms with E-state index in [1.54, 1.807) is 6.07 Å². The van der Waals surface area contributed by atoms with Gasteiger partial charge >= 0.3 is 0 Å². The van der Waals surface area contributed by atoms with Gasteiger partial charge in [0.05, 0.1) is 11.0 Å². The van der Waals surface area contributed by atoms with E-state index < -0.39 is 0 Å². The van der Waals surface area contributed by atoms with Crippen LogP contribution >= 0.6 is 11.6 Å². The van der Waals surface area contributed by atoms with Crippen LogP contribution in [0.2, 0.25) is 5.15 Å². The lowest BCUT2D eigenvalue weighted by Gasteiger charge is -2.07. The lowest BCUT2D eigenvalue weighted by molar-refractivity contribution is 0.662. The van der Waals surface area contributed by atoms with E-state index >= 15 is 0 Å². The number of aromatic nitrogens is 3. The second-order valence-electron chi connectivity index (χ2n) is 4.80. The maximum absolute atomic E-state index is 5.95. The van der Waals surface area contributed by atoms with E-state index in [-0.39, 0.29) is 0 Å². The third-order valence-electron chi connectivity index (χ3n) is 3.29. The highest BCUT2D eigenvalue weighted by Gasteiger charge is 2.11. The lowest BCUT2D eigenvalue weighted by atomic mass is 10.2. The van der Waals surface area contributed by atoms with Gasteiger partial charge in [0, 0.05) is 18.7 Å². The molecule has 2 heterocycles. The van der Waals surface area contributed by atoms with Gasteiger partial charge in [-0.05, 0) is 30.7 Å². The molecule has 0 saturated heterocycles. The van der Waals surface area contributed by atoms with Crippen LogP contribution in [-0.4, -0.2) is 14.5 Å². The zero-order chi connectivity index (χ0) is 13.9. The summed E-state index contributed by atoms with van der Waals surface area (Å²) in [6.45, 7) is 3.15. The lowest BCUT2D eigenvalue weighted by Crippen LogP contribution is -2.05. The van der Waals surface area contributed by atoms with E-state index in [1.807, 2.05) is 18.2 Å². The summed E-state index contributed by atoms with van der Waals surface area (Å²) in [5.41, 5.74) is 3.18. The summed E-state index contributed by atoms with van der Waals surface area (Å²) >= 11 is 5.95. The molecule has 0 aliphatic rings. The minimum absolute atomic E-state index is 0.528. The van der Waals surface area contributed by atoms with Crippen molar-refractivity contribution in [1.29, 1.82) is 0 Å². The third-order valence-corrected chi connectivity index (χ3v) is 3.50. The van der Waals surface area contributed by atoms with Crippen molar-refractivity contribution in [2.24, 2.45) is 0 Å². The molecule has 3 rings (SSSR count). The molecule has 0 unspecified atom stereocenters. The van der Waals surface area contributed by atoms with E-state index in [1.165, 1.54) is 5.52 Å². The molecule has 2 aromatic heterocycles. The number of para-hydroxylation sites is 2. The predicted octanol–water partition coefficient (Wildman–Crippen LogP) is 4.09. The summed E-state index contributed by atoms with van der Waals surface area (Å²) in [5, 5.41) is 0.528. The number of fused-ring (bicyclic) bond motifs is 1. The third kappa shape index (κ3) is 2.54. The van der Waals surface area contributed by atoms with Crippen molar-refractivity contribution in [1.82, 2.24) is 14.5 Å². The molecule has 0 spiro atoms. The maximum Gasteiger partial charge on any atom is 0.129 e. The van der Waals surface area contributed by atoms with Crippen molar-refractivity contribution in [2.45, 2.75) is 26.3 Å². The summed E-state index contributed by atoms with van der Waals surface area (Å²) in [7, 11) is 0. The van der Waals surface area contributed by atoms with Crippen molar-refractivity contribution in [2.75, 3.05) is 0 Å². The van der Waals surface area contributed by atoms with Gasteiger partial charge < -0.3 is 4.57 Å². The Morgan fingerprint density at radius 1 is 1.05 bits per heavy atom. The van der Waals surface area contributed by atoms with Crippen molar-refractivity contribution in [3.63, 3.8) is 0 Å². The molecule has 0 saturated carbocycles. The minimum atomic E-state index is 0.528. The smallest absolute Gasteiger partial charge is 0.129 e. The van der Waals surface area contributed by atoms with Crippen molar-refractivity contribution >= 4 is 22.6 Å². The van der Waals surface area contributed by atoms with Crippen LogP contribution in [0.15, 0.2) is 42.5 Å². The topological polar surface area (TPSA) is 30.7 Å². The van der Waals surface area contributed by atoms with Gasteiger partial charge in [-0.25, -0.2) is 9.97 Å². The Morgan fingerprint density at radius 3 is 2.70 bits per heavy atom. The fraction of sp³-hybridized carbons (Fsp3) is 0.250. The van der Waals surface area contributed by atoms with Crippen LogP contribution in [0.25, 0.3) is 11.0 Å². The molecular weight excluding hydrogens is 270 g/mol. The second-order valence-corrected chi connectivity index (χ2v) is 5.18. The minimum Gasteiger partial charge on any atom is -0.328 e. The van der Waals surface area contributed by atoms with Gasteiger partial charge in [-0.15, -0.1) is 0 Å². The molecule has 3 nitrogen and oxygen atoms in total. The molecule has 0 N–H and O–H groups in total. The van der Waals surface area contributed by atoms with Gasteiger partial charge in [0.2, 0.25) is 0 Å². The Hall–Kier alpha value is -1.87. The molecule has 0 aliphatic carbocycles. The highest BCUT2D eigenvalue weighted by molar-refractivity contribution is 6.29. The van der Waals surface area contributed by atoms with Crippen molar-refractivity contribution in [3.8, 4) is 0 Å². The summed E-state index contributed by atoms with van der Waals surface area (Å²) < 4.78 is 2.28. The molecule has 20 heavy (non-hydrogen) atoms. The average molecular weight is 286 g/mol. The molecule has 4 heteroatoms. The summed E-state index contributed by atoms with van der Waals surface area (Å²) in [6.07, 6.45) is 1.78. The fourth-order valence-electron chi connectivity index (χ4n) is 2.44. The molecule has 0 fully saturated rings. The largest absolute Gasteiger partial charge is 0.328 e. The van der Waals surface area contributed by atoms with E-state index in [0.29, 0.717) is 11.6 Å². The number of rotatable bonds is 4. The highest BCUT2D eigenvalue weighted by Crippen LogP contribution is 2.19. The zero-order valence-electron chi connectivity index (χ0n) is 11.4. The predicted molar refractivity (Wildman–Crippen MR) is 82.1 cm³/mol. The first-order chi connectivity index (χ1) is 9.78. The van der Waals surface area contributed by atoms with Crippen LogP contribution in [0.3, 0.4) is 0 Å². The van der Waals surface area contributed by atoms with Crippen molar-refractivity contribution in [3.05, 3.63) is 59.1 Å². The molecule has 0 radical (unpaired) electrons. The Labute approximate surface area is 123 Å². The first-order valence-corrected chi connectivity index (χ1v) is 7.21. The molecular formula is C16H16ClN3. The SMILES string of the molecule is CCCn1c(Cc2cccc(Cl)n2)nc2ccccc21.